The van der Waals surface area contributed by atoms with E-state index < -0.39 is 0 Å². The summed E-state index contributed by atoms with van der Waals surface area (Å²) < 4.78 is 7.80. The third kappa shape index (κ3) is 1.25. The number of hydrogen-bond acceptors (Lipinski definition) is 4. The molecule has 82 valence electrons. The Morgan fingerprint density at radius 1 is 1.50 bits per heavy atom. The highest BCUT2D eigenvalue weighted by atomic mass is 16.5. The van der Waals surface area contributed by atoms with Crippen molar-refractivity contribution in [3.8, 4) is 17.1 Å². The van der Waals surface area contributed by atoms with E-state index in [-0.39, 0.29) is 6.10 Å². The van der Waals surface area contributed by atoms with Crippen LogP contribution in [-0.2, 0) is 6.54 Å². The largest absolute Gasteiger partial charge is 0.486 e. The highest BCUT2D eigenvalue weighted by Gasteiger charge is 2.22. The number of nitrogen functional groups attached to an aromatic ring is 1. The molecule has 1 atom stereocenters. The summed E-state index contributed by atoms with van der Waals surface area (Å²) in [5, 5.41) is 8.04. The fraction of sp³-hybridized carbons (Fsp3) is 0.273. The Morgan fingerprint density at radius 2 is 2.38 bits per heavy atom. The summed E-state index contributed by atoms with van der Waals surface area (Å²) >= 11 is 0. The highest BCUT2D eigenvalue weighted by molar-refractivity contribution is 5.73. The average Bonchev–Trinajstić information content (AvgIpc) is 2.64. The van der Waals surface area contributed by atoms with Crippen molar-refractivity contribution in [1.29, 1.82) is 0 Å². The summed E-state index contributed by atoms with van der Waals surface area (Å²) in [5.41, 5.74) is 7.46. The molecule has 1 aliphatic heterocycles. The Morgan fingerprint density at radius 3 is 3.25 bits per heavy atom. The molecule has 0 saturated carbocycles. The van der Waals surface area contributed by atoms with Gasteiger partial charge in [0.15, 0.2) is 11.6 Å². The number of benzene rings is 1. The summed E-state index contributed by atoms with van der Waals surface area (Å²) in [6.07, 6.45) is 1.77. The molecule has 0 bridgehead atoms. The van der Waals surface area contributed by atoms with Crippen LogP contribution in [0.15, 0.2) is 24.5 Å². The molecule has 5 nitrogen and oxygen atoms in total. The van der Waals surface area contributed by atoms with Gasteiger partial charge in [-0.3, -0.25) is 0 Å². The van der Waals surface area contributed by atoms with Crippen molar-refractivity contribution >= 4 is 5.69 Å². The molecule has 1 aromatic carbocycles. The van der Waals surface area contributed by atoms with E-state index in [2.05, 4.69) is 10.2 Å². The maximum Gasteiger partial charge on any atom is 0.167 e. The molecule has 0 spiro atoms. The lowest BCUT2D eigenvalue weighted by atomic mass is 10.1. The van der Waals surface area contributed by atoms with Crippen LogP contribution >= 0.6 is 0 Å². The number of ether oxygens (including phenoxy) is 1. The van der Waals surface area contributed by atoms with Crippen molar-refractivity contribution in [2.75, 3.05) is 5.73 Å². The van der Waals surface area contributed by atoms with Crippen molar-refractivity contribution in [2.24, 2.45) is 0 Å². The average molecular weight is 216 g/mol. The molecule has 0 amide bonds. The fourth-order valence-corrected chi connectivity index (χ4v) is 1.98. The minimum atomic E-state index is 0.0562. The summed E-state index contributed by atoms with van der Waals surface area (Å²) in [6.45, 7) is 2.74. The van der Waals surface area contributed by atoms with E-state index in [4.69, 9.17) is 10.5 Å². The van der Waals surface area contributed by atoms with Crippen molar-refractivity contribution in [2.45, 2.75) is 19.6 Å². The zero-order chi connectivity index (χ0) is 11.1. The van der Waals surface area contributed by atoms with Crippen LogP contribution in [0.4, 0.5) is 5.69 Å². The summed E-state index contributed by atoms with van der Waals surface area (Å²) in [4.78, 5) is 0. The molecule has 2 N–H and O–H groups in total. The SMILES string of the molecule is C[C@H]1Cn2cnnc2-c2cccc(N)c2O1. The predicted molar refractivity (Wildman–Crippen MR) is 60.0 cm³/mol. The van der Waals surface area contributed by atoms with Gasteiger partial charge in [0.25, 0.3) is 0 Å². The van der Waals surface area contributed by atoms with Gasteiger partial charge in [-0.1, -0.05) is 6.07 Å². The molecule has 0 fully saturated rings. The first kappa shape index (κ1) is 9.21. The summed E-state index contributed by atoms with van der Waals surface area (Å²) in [5.74, 6) is 1.52. The lowest BCUT2D eigenvalue weighted by molar-refractivity contribution is 0.207. The van der Waals surface area contributed by atoms with E-state index in [1.807, 2.05) is 29.7 Å². The van der Waals surface area contributed by atoms with Crippen LogP contribution in [-0.4, -0.2) is 20.9 Å². The number of fused-ring (bicyclic) bond motifs is 3. The maximum absolute atomic E-state index is 5.92. The number of rotatable bonds is 0. The third-order valence-electron chi connectivity index (χ3n) is 2.67. The second-order valence-electron chi connectivity index (χ2n) is 3.96. The first-order valence-corrected chi connectivity index (χ1v) is 5.19. The first-order chi connectivity index (χ1) is 7.75. The highest BCUT2D eigenvalue weighted by Crippen LogP contribution is 2.36. The molecule has 0 saturated heterocycles. The number of nitrogens with two attached hydrogens (primary N) is 1. The Balaban J connectivity index is 2.28. The molecule has 0 radical (unpaired) electrons. The van der Waals surface area contributed by atoms with E-state index in [0.29, 0.717) is 11.4 Å². The van der Waals surface area contributed by atoms with E-state index in [9.17, 15) is 0 Å². The first-order valence-electron chi connectivity index (χ1n) is 5.19. The van der Waals surface area contributed by atoms with Gasteiger partial charge in [0.2, 0.25) is 0 Å². The second-order valence-corrected chi connectivity index (χ2v) is 3.96. The smallest absolute Gasteiger partial charge is 0.167 e. The number of anilines is 1. The third-order valence-corrected chi connectivity index (χ3v) is 2.67. The molecule has 16 heavy (non-hydrogen) atoms. The minimum Gasteiger partial charge on any atom is -0.486 e. The summed E-state index contributed by atoms with van der Waals surface area (Å²) in [7, 11) is 0. The lowest BCUT2D eigenvalue weighted by Gasteiger charge is -2.13. The Hall–Kier alpha value is -2.04. The molecule has 2 aromatic rings. The fourth-order valence-electron chi connectivity index (χ4n) is 1.98. The summed E-state index contributed by atoms with van der Waals surface area (Å²) in [6, 6.07) is 5.67. The zero-order valence-corrected chi connectivity index (χ0v) is 8.92. The van der Waals surface area contributed by atoms with Crippen molar-refractivity contribution in [3.05, 3.63) is 24.5 Å². The van der Waals surface area contributed by atoms with Gasteiger partial charge in [0, 0.05) is 0 Å². The van der Waals surface area contributed by atoms with Gasteiger partial charge in [0.1, 0.15) is 12.4 Å². The Labute approximate surface area is 92.9 Å². The van der Waals surface area contributed by atoms with Gasteiger partial charge >= 0.3 is 0 Å². The van der Waals surface area contributed by atoms with Crippen LogP contribution in [0, 0.1) is 0 Å². The molecule has 5 heteroatoms. The van der Waals surface area contributed by atoms with E-state index >= 15 is 0 Å². The van der Waals surface area contributed by atoms with E-state index in [1.54, 1.807) is 6.33 Å². The molecule has 1 aliphatic rings. The second kappa shape index (κ2) is 3.23. The number of hydrogen-bond donors (Lipinski definition) is 1. The normalized spacial score (nSPS) is 18.2. The molecule has 0 aliphatic carbocycles. The van der Waals surface area contributed by atoms with E-state index in [0.717, 1.165) is 17.9 Å². The van der Waals surface area contributed by atoms with Crippen LogP contribution in [0.2, 0.25) is 0 Å². The lowest BCUT2D eigenvalue weighted by Crippen LogP contribution is -2.17. The Bertz CT molecular complexity index is 535. The van der Waals surface area contributed by atoms with Gasteiger partial charge in [-0.25, -0.2) is 0 Å². The van der Waals surface area contributed by atoms with Gasteiger partial charge in [0.05, 0.1) is 17.8 Å². The van der Waals surface area contributed by atoms with Crippen LogP contribution in [0.25, 0.3) is 11.4 Å². The van der Waals surface area contributed by atoms with Gasteiger partial charge < -0.3 is 15.0 Å². The molecular weight excluding hydrogens is 204 g/mol. The molecule has 1 aromatic heterocycles. The van der Waals surface area contributed by atoms with Gasteiger partial charge in [-0.15, -0.1) is 10.2 Å². The number of aromatic nitrogens is 3. The van der Waals surface area contributed by atoms with Crippen LogP contribution in [0.3, 0.4) is 0 Å². The molecule has 3 rings (SSSR count). The Kier molecular flexibility index (Phi) is 1.86. The maximum atomic E-state index is 5.92. The quantitative estimate of drug-likeness (QED) is 0.674. The number of para-hydroxylation sites is 1. The monoisotopic (exact) mass is 216 g/mol. The molecule has 2 heterocycles. The predicted octanol–water partition coefficient (Wildman–Crippen LogP) is 1.31. The van der Waals surface area contributed by atoms with E-state index in [1.165, 1.54) is 0 Å². The number of nitrogens with zero attached hydrogens (tertiary/aromatic N) is 3. The zero-order valence-electron chi connectivity index (χ0n) is 8.92. The molecule has 0 unspecified atom stereocenters. The van der Waals surface area contributed by atoms with Gasteiger partial charge in [-0.2, -0.15) is 0 Å². The van der Waals surface area contributed by atoms with Gasteiger partial charge in [-0.05, 0) is 19.1 Å². The standard InChI is InChI=1S/C11H12N4O/c1-7-5-15-6-13-14-11(15)8-3-2-4-9(12)10(8)16-7/h2-4,6-7H,5,12H2,1H3/t7-/m0/s1. The van der Waals surface area contributed by atoms with Crippen LogP contribution < -0.4 is 10.5 Å². The topological polar surface area (TPSA) is 66.0 Å². The van der Waals surface area contributed by atoms with Crippen molar-refractivity contribution in [3.63, 3.8) is 0 Å². The van der Waals surface area contributed by atoms with Crippen LogP contribution in [0.1, 0.15) is 6.92 Å². The van der Waals surface area contributed by atoms with Crippen LogP contribution in [0.5, 0.6) is 5.75 Å². The molecular formula is C11H12N4O. The van der Waals surface area contributed by atoms with Crippen molar-refractivity contribution < 1.29 is 4.74 Å². The minimum absolute atomic E-state index is 0.0562. The van der Waals surface area contributed by atoms with Crippen molar-refractivity contribution in [1.82, 2.24) is 14.8 Å².